The van der Waals surface area contributed by atoms with Crippen LogP contribution in [0, 0.1) is 13.8 Å². The van der Waals surface area contributed by atoms with Crippen molar-refractivity contribution in [2.24, 2.45) is 0 Å². The highest BCUT2D eigenvalue weighted by Crippen LogP contribution is 2.26. The standard InChI is InChI=1S/C27H24N2O5/c1-17-13-18(2)15-21(14-17)28-26(32)25(19-7-4-3-5-8-19)34-27(33)20-9-6-10-22(16-20)29-23(30)11-12-24(29)31/h3-10,13-16,25H,11-12H2,1-2H3,(H,28,32). The molecule has 7 nitrogen and oxygen atoms in total. The number of imide groups is 1. The predicted molar refractivity (Wildman–Crippen MR) is 127 cm³/mol. The minimum Gasteiger partial charge on any atom is -0.444 e. The molecule has 1 heterocycles. The van der Waals surface area contributed by atoms with Crippen LogP contribution in [0.15, 0.2) is 72.8 Å². The Morgan fingerprint density at radius 1 is 0.853 bits per heavy atom. The average molecular weight is 456 g/mol. The normalized spacial score (nSPS) is 14.1. The molecule has 4 rings (SSSR count). The molecule has 1 fully saturated rings. The van der Waals surface area contributed by atoms with Crippen molar-refractivity contribution in [1.29, 1.82) is 0 Å². The van der Waals surface area contributed by atoms with Crippen molar-refractivity contribution in [2.75, 3.05) is 10.2 Å². The molecular formula is C27H24N2O5. The Labute approximate surface area is 197 Å². The van der Waals surface area contributed by atoms with Crippen molar-refractivity contribution in [3.05, 3.63) is 95.1 Å². The van der Waals surface area contributed by atoms with E-state index < -0.39 is 18.0 Å². The minimum atomic E-state index is -1.20. The van der Waals surface area contributed by atoms with Crippen LogP contribution in [0.3, 0.4) is 0 Å². The maximum atomic E-state index is 13.2. The molecule has 0 radical (unpaired) electrons. The lowest BCUT2D eigenvalue weighted by Crippen LogP contribution is -2.29. The maximum Gasteiger partial charge on any atom is 0.339 e. The number of esters is 1. The van der Waals surface area contributed by atoms with E-state index in [1.165, 1.54) is 12.1 Å². The summed E-state index contributed by atoms with van der Waals surface area (Å²) in [6.45, 7) is 3.86. The summed E-state index contributed by atoms with van der Waals surface area (Å²) >= 11 is 0. The van der Waals surface area contributed by atoms with E-state index in [4.69, 9.17) is 4.74 Å². The summed E-state index contributed by atoms with van der Waals surface area (Å²) in [5.41, 5.74) is 3.53. The molecular weight excluding hydrogens is 432 g/mol. The van der Waals surface area contributed by atoms with Crippen LogP contribution in [0.25, 0.3) is 0 Å². The quantitative estimate of drug-likeness (QED) is 0.436. The Balaban J connectivity index is 1.59. The van der Waals surface area contributed by atoms with Gasteiger partial charge in [0.1, 0.15) is 0 Å². The Kier molecular flexibility index (Phi) is 6.54. The molecule has 3 amide bonds. The van der Waals surface area contributed by atoms with Gasteiger partial charge >= 0.3 is 5.97 Å². The third-order valence-electron chi connectivity index (χ3n) is 5.45. The second-order valence-electron chi connectivity index (χ2n) is 8.23. The van der Waals surface area contributed by atoms with Crippen LogP contribution < -0.4 is 10.2 Å². The number of ether oxygens (including phenoxy) is 1. The number of benzene rings is 3. The van der Waals surface area contributed by atoms with E-state index in [0.717, 1.165) is 16.0 Å². The number of hydrogen-bond donors (Lipinski definition) is 1. The highest BCUT2D eigenvalue weighted by Gasteiger charge is 2.31. The lowest BCUT2D eigenvalue weighted by molar-refractivity contribution is -0.125. The molecule has 172 valence electrons. The Morgan fingerprint density at radius 3 is 2.15 bits per heavy atom. The van der Waals surface area contributed by atoms with Gasteiger partial charge in [0.25, 0.3) is 5.91 Å². The Morgan fingerprint density at radius 2 is 1.50 bits per heavy atom. The molecule has 3 aromatic carbocycles. The Hall–Kier alpha value is -4.26. The van der Waals surface area contributed by atoms with Crippen molar-refractivity contribution in [2.45, 2.75) is 32.8 Å². The van der Waals surface area contributed by atoms with Crippen molar-refractivity contribution >= 4 is 35.1 Å². The van der Waals surface area contributed by atoms with Crippen molar-refractivity contribution < 1.29 is 23.9 Å². The van der Waals surface area contributed by atoms with Crippen LogP contribution in [0.5, 0.6) is 0 Å². The predicted octanol–water partition coefficient (Wildman–Crippen LogP) is 4.49. The smallest absolute Gasteiger partial charge is 0.339 e. The summed E-state index contributed by atoms with van der Waals surface area (Å²) < 4.78 is 5.65. The van der Waals surface area contributed by atoms with Crippen LogP contribution >= 0.6 is 0 Å². The highest BCUT2D eigenvalue weighted by molar-refractivity contribution is 6.20. The molecule has 1 saturated heterocycles. The number of aryl methyl sites for hydroxylation is 2. The van der Waals surface area contributed by atoms with E-state index in [9.17, 15) is 19.2 Å². The zero-order valence-electron chi connectivity index (χ0n) is 18.9. The van der Waals surface area contributed by atoms with Crippen LogP contribution in [-0.4, -0.2) is 23.7 Å². The maximum absolute atomic E-state index is 13.2. The molecule has 3 aromatic rings. The lowest BCUT2D eigenvalue weighted by atomic mass is 10.1. The molecule has 0 aliphatic carbocycles. The first-order valence-corrected chi connectivity index (χ1v) is 10.9. The van der Waals surface area contributed by atoms with E-state index in [2.05, 4.69) is 5.32 Å². The number of nitrogens with one attached hydrogen (secondary N) is 1. The largest absolute Gasteiger partial charge is 0.444 e. The lowest BCUT2D eigenvalue weighted by Gasteiger charge is -2.19. The zero-order chi connectivity index (χ0) is 24.2. The summed E-state index contributed by atoms with van der Waals surface area (Å²) in [5.74, 6) is -1.87. The van der Waals surface area contributed by atoms with Gasteiger partial charge in [-0.3, -0.25) is 19.3 Å². The third-order valence-corrected chi connectivity index (χ3v) is 5.45. The first-order valence-electron chi connectivity index (χ1n) is 10.9. The van der Waals surface area contributed by atoms with Crippen molar-refractivity contribution in [3.63, 3.8) is 0 Å². The summed E-state index contributed by atoms with van der Waals surface area (Å²) in [5, 5.41) is 2.83. The molecule has 0 bridgehead atoms. The van der Waals surface area contributed by atoms with Gasteiger partial charge in [0.2, 0.25) is 17.9 Å². The van der Waals surface area contributed by atoms with E-state index in [1.807, 2.05) is 32.0 Å². The van der Waals surface area contributed by atoms with Crippen molar-refractivity contribution in [3.8, 4) is 0 Å². The third kappa shape index (κ3) is 5.04. The minimum absolute atomic E-state index is 0.130. The van der Waals surface area contributed by atoms with Gasteiger partial charge in [-0.25, -0.2) is 4.79 Å². The summed E-state index contributed by atoms with van der Waals surface area (Å²) in [6.07, 6.45) is -0.919. The number of nitrogens with zero attached hydrogens (tertiary/aromatic N) is 1. The number of anilines is 2. The zero-order valence-corrected chi connectivity index (χ0v) is 18.9. The molecule has 1 aliphatic rings. The van der Waals surface area contributed by atoms with Crippen LogP contribution in [-0.2, 0) is 19.1 Å². The van der Waals surface area contributed by atoms with Gasteiger partial charge in [-0.15, -0.1) is 0 Å². The topological polar surface area (TPSA) is 92.8 Å². The van der Waals surface area contributed by atoms with Crippen LogP contribution in [0.1, 0.15) is 46.0 Å². The fourth-order valence-corrected chi connectivity index (χ4v) is 3.97. The average Bonchev–Trinajstić information content (AvgIpc) is 3.15. The summed E-state index contributed by atoms with van der Waals surface area (Å²) in [7, 11) is 0. The molecule has 0 aromatic heterocycles. The SMILES string of the molecule is Cc1cc(C)cc(NC(=O)C(OC(=O)c2cccc(N3C(=O)CCC3=O)c2)c2ccccc2)c1. The molecule has 34 heavy (non-hydrogen) atoms. The molecule has 1 aliphatic heterocycles. The molecule has 0 spiro atoms. The number of hydrogen-bond acceptors (Lipinski definition) is 5. The highest BCUT2D eigenvalue weighted by atomic mass is 16.5. The molecule has 0 saturated carbocycles. The van der Waals surface area contributed by atoms with E-state index in [-0.39, 0.29) is 30.2 Å². The molecule has 1 N–H and O–H groups in total. The summed E-state index contributed by atoms with van der Waals surface area (Å²) in [6, 6.07) is 20.5. The molecule has 1 unspecified atom stereocenters. The van der Waals surface area contributed by atoms with Gasteiger partial charge in [-0.05, 0) is 55.3 Å². The molecule has 7 heteroatoms. The second kappa shape index (κ2) is 9.70. The van der Waals surface area contributed by atoms with Crippen LogP contribution in [0.2, 0.25) is 0 Å². The van der Waals surface area contributed by atoms with Gasteiger partial charge in [-0.1, -0.05) is 42.5 Å². The Bertz CT molecular complexity index is 1230. The fourth-order valence-electron chi connectivity index (χ4n) is 3.97. The van der Waals surface area contributed by atoms with Gasteiger partial charge in [0, 0.05) is 24.1 Å². The summed E-state index contributed by atoms with van der Waals surface area (Å²) in [4.78, 5) is 51.4. The number of amides is 3. The first-order chi connectivity index (χ1) is 16.3. The van der Waals surface area contributed by atoms with Gasteiger partial charge < -0.3 is 10.1 Å². The number of carbonyl (C=O) groups is 4. The number of carbonyl (C=O) groups excluding carboxylic acids is 4. The van der Waals surface area contributed by atoms with Crippen molar-refractivity contribution in [1.82, 2.24) is 0 Å². The van der Waals surface area contributed by atoms with Gasteiger partial charge in [0.15, 0.2) is 0 Å². The second-order valence-corrected chi connectivity index (χ2v) is 8.23. The first kappa shape index (κ1) is 22.9. The van der Waals surface area contributed by atoms with E-state index in [0.29, 0.717) is 16.9 Å². The van der Waals surface area contributed by atoms with Gasteiger partial charge in [0.05, 0.1) is 11.3 Å². The van der Waals surface area contributed by atoms with Gasteiger partial charge in [-0.2, -0.15) is 0 Å². The fraction of sp³-hybridized carbons (Fsp3) is 0.185. The van der Waals surface area contributed by atoms with Crippen LogP contribution in [0.4, 0.5) is 11.4 Å². The van der Waals surface area contributed by atoms with E-state index >= 15 is 0 Å². The number of rotatable bonds is 6. The monoisotopic (exact) mass is 456 g/mol. The molecule has 1 atom stereocenters. The van der Waals surface area contributed by atoms with E-state index in [1.54, 1.807) is 42.5 Å².